The second-order valence-corrected chi connectivity index (χ2v) is 7.29. The van der Waals surface area contributed by atoms with Gasteiger partial charge in [-0.25, -0.2) is 4.98 Å². The van der Waals surface area contributed by atoms with E-state index in [4.69, 9.17) is 5.11 Å². The summed E-state index contributed by atoms with van der Waals surface area (Å²) in [5.41, 5.74) is 0.958. The average Bonchev–Trinajstić information content (AvgIpc) is 2.43. The number of aliphatic hydroxyl groups excluding tert-OH is 1. The van der Waals surface area contributed by atoms with Gasteiger partial charge in [0.1, 0.15) is 0 Å². The van der Waals surface area contributed by atoms with Crippen molar-refractivity contribution in [2.45, 2.75) is 11.6 Å². The van der Waals surface area contributed by atoms with E-state index < -0.39 is 10.0 Å². The van der Waals surface area contributed by atoms with E-state index in [-0.39, 0.29) is 11.6 Å². The highest BCUT2D eigenvalue weighted by Crippen LogP contribution is 2.28. The molecule has 1 aromatic heterocycles. The van der Waals surface area contributed by atoms with Crippen molar-refractivity contribution in [3.05, 3.63) is 51.0 Å². The third-order valence-electron chi connectivity index (χ3n) is 2.43. The predicted octanol–water partition coefficient (Wildman–Crippen LogP) is 2.90. The molecule has 0 radical (unpaired) electrons. The van der Waals surface area contributed by atoms with Crippen molar-refractivity contribution in [3.63, 3.8) is 0 Å². The molecule has 1 heterocycles. The van der Waals surface area contributed by atoms with Crippen LogP contribution in [0.25, 0.3) is 0 Å². The maximum atomic E-state index is 12.2. The molecule has 0 bridgehead atoms. The molecule has 0 amide bonds. The molecule has 2 aromatic rings. The van der Waals surface area contributed by atoms with Crippen LogP contribution in [0.3, 0.4) is 0 Å². The van der Waals surface area contributed by atoms with Gasteiger partial charge in [0.05, 0.1) is 12.3 Å². The summed E-state index contributed by atoms with van der Waals surface area (Å²) in [5, 5.41) is 8.81. The molecule has 0 aliphatic carbocycles. The topological polar surface area (TPSA) is 79.3 Å². The monoisotopic (exact) mass is 420 g/mol. The Hall–Kier alpha value is -0.960. The summed E-state index contributed by atoms with van der Waals surface area (Å²) in [6, 6.07) is 8.02. The third-order valence-corrected chi connectivity index (χ3v) is 4.89. The first-order chi connectivity index (χ1) is 9.42. The van der Waals surface area contributed by atoms with Crippen LogP contribution in [0.2, 0.25) is 0 Å². The molecule has 20 heavy (non-hydrogen) atoms. The van der Waals surface area contributed by atoms with Gasteiger partial charge in [0.25, 0.3) is 10.0 Å². The summed E-state index contributed by atoms with van der Waals surface area (Å²) >= 11 is 6.56. The Kier molecular flexibility index (Phi) is 4.79. The lowest BCUT2D eigenvalue weighted by Gasteiger charge is -2.09. The second kappa shape index (κ2) is 6.21. The van der Waals surface area contributed by atoms with Crippen LogP contribution in [0.4, 0.5) is 5.69 Å². The van der Waals surface area contributed by atoms with E-state index in [9.17, 15) is 8.42 Å². The van der Waals surface area contributed by atoms with Crippen LogP contribution in [0.1, 0.15) is 5.56 Å². The average molecular weight is 422 g/mol. The van der Waals surface area contributed by atoms with E-state index in [2.05, 4.69) is 41.6 Å². The number of halogens is 2. The van der Waals surface area contributed by atoms with Crippen molar-refractivity contribution in [1.29, 1.82) is 0 Å². The van der Waals surface area contributed by atoms with E-state index in [0.717, 1.165) is 4.47 Å². The molecule has 2 N–H and O–H groups in total. The Balaban J connectivity index is 2.32. The molecule has 5 nitrogen and oxygen atoms in total. The number of nitrogens with zero attached hydrogens (tertiary/aromatic N) is 1. The fourth-order valence-corrected chi connectivity index (χ4v) is 3.28. The Morgan fingerprint density at radius 3 is 2.55 bits per heavy atom. The van der Waals surface area contributed by atoms with Crippen molar-refractivity contribution >= 4 is 47.6 Å². The lowest BCUT2D eigenvalue weighted by atomic mass is 10.3. The molecule has 0 saturated heterocycles. The van der Waals surface area contributed by atoms with E-state index in [1.165, 1.54) is 18.3 Å². The highest BCUT2D eigenvalue weighted by atomic mass is 79.9. The van der Waals surface area contributed by atoms with Crippen LogP contribution in [-0.4, -0.2) is 18.5 Å². The Labute approximate surface area is 133 Å². The summed E-state index contributed by atoms with van der Waals surface area (Å²) in [7, 11) is -3.77. The minimum Gasteiger partial charge on any atom is -0.392 e. The normalized spacial score (nSPS) is 11.3. The smallest absolute Gasteiger partial charge is 0.279 e. The number of hydrogen-bond donors (Lipinski definition) is 2. The molecule has 0 atom stereocenters. The highest BCUT2D eigenvalue weighted by molar-refractivity contribution is 9.11. The van der Waals surface area contributed by atoms with Crippen molar-refractivity contribution in [3.8, 4) is 0 Å². The molecule has 0 spiro atoms. The number of pyridine rings is 1. The molecule has 8 heteroatoms. The van der Waals surface area contributed by atoms with Gasteiger partial charge in [0, 0.05) is 15.1 Å². The van der Waals surface area contributed by atoms with Gasteiger partial charge in [-0.3, -0.25) is 4.72 Å². The van der Waals surface area contributed by atoms with Crippen LogP contribution < -0.4 is 4.72 Å². The number of rotatable bonds is 4. The van der Waals surface area contributed by atoms with Gasteiger partial charge in [-0.05, 0) is 45.8 Å². The molecule has 1 aromatic carbocycles. The largest absolute Gasteiger partial charge is 0.392 e. The molecular formula is C12H10Br2N2O3S. The Morgan fingerprint density at radius 2 is 1.95 bits per heavy atom. The lowest BCUT2D eigenvalue weighted by Crippen LogP contribution is -2.15. The summed E-state index contributed by atoms with van der Waals surface area (Å²) in [6.07, 6.45) is 1.32. The number of nitrogens with one attached hydrogen (secondary N) is 1. The summed E-state index contributed by atoms with van der Waals surface area (Å²) < 4.78 is 28.2. The van der Waals surface area contributed by atoms with E-state index in [1.54, 1.807) is 18.2 Å². The van der Waals surface area contributed by atoms with Gasteiger partial charge in [0.2, 0.25) is 0 Å². The molecule has 106 valence electrons. The van der Waals surface area contributed by atoms with Crippen LogP contribution in [0.5, 0.6) is 0 Å². The zero-order valence-corrected chi connectivity index (χ0v) is 14.0. The fraction of sp³-hybridized carbons (Fsp3) is 0.0833. The number of aliphatic hydroxyl groups is 1. The first-order valence-electron chi connectivity index (χ1n) is 5.46. The van der Waals surface area contributed by atoms with Crippen LogP contribution in [0, 0.1) is 0 Å². The number of benzene rings is 1. The van der Waals surface area contributed by atoms with Crippen molar-refractivity contribution in [2.24, 2.45) is 0 Å². The quantitative estimate of drug-likeness (QED) is 0.795. The van der Waals surface area contributed by atoms with E-state index >= 15 is 0 Å². The zero-order chi connectivity index (χ0) is 14.8. The predicted molar refractivity (Wildman–Crippen MR) is 82.8 cm³/mol. The number of anilines is 1. The van der Waals surface area contributed by atoms with E-state index in [1.807, 2.05) is 0 Å². The summed E-state index contributed by atoms with van der Waals surface area (Å²) in [4.78, 5) is 3.83. The molecule has 0 saturated carbocycles. The number of aromatic nitrogens is 1. The maximum absolute atomic E-state index is 12.2. The summed E-state index contributed by atoms with van der Waals surface area (Å²) in [6.45, 7) is -0.183. The first kappa shape index (κ1) is 15.4. The minimum absolute atomic E-state index is 0.110. The van der Waals surface area contributed by atoms with Gasteiger partial charge in [-0.2, -0.15) is 8.42 Å². The first-order valence-corrected chi connectivity index (χ1v) is 8.53. The lowest BCUT2D eigenvalue weighted by molar-refractivity contribution is 0.281. The van der Waals surface area contributed by atoms with Crippen LogP contribution >= 0.6 is 31.9 Å². The molecule has 0 fully saturated rings. The van der Waals surface area contributed by atoms with Crippen LogP contribution in [0.15, 0.2) is 50.5 Å². The Morgan fingerprint density at radius 1 is 1.20 bits per heavy atom. The maximum Gasteiger partial charge on any atom is 0.279 e. The van der Waals surface area contributed by atoms with Gasteiger partial charge in [-0.15, -0.1) is 0 Å². The van der Waals surface area contributed by atoms with Gasteiger partial charge >= 0.3 is 0 Å². The third kappa shape index (κ3) is 3.57. The molecule has 2 rings (SSSR count). The highest BCUT2D eigenvalue weighted by Gasteiger charge is 2.17. The van der Waals surface area contributed by atoms with Gasteiger partial charge in [-0.1, -0.05) is 22.0 Å². The molecule has 0 unspecified atom stereocenters. The van der Waals surface area contributed by atoms with Crippen molar-refractivity contribution < 1.29 is 13.5 Å². The number of sulfonamides is 1. The van der Waals surface area contributed by atoms with Crippen molar-refractivity contribution in [2.75, 3.05) is 4.72 Å². The second-order valence-electron chi connectivity index (χ2n) is 3.89. The van der Waals surface area contributed by atoms with Crippen LogP contribution in [-0.2, 0) is 16.6 Å². The summed E-state index contributed by atoms with van der Waals surface area (Å²) in [5.74, 6) is 0. The fourth-order valence-electron chi connectivity index (χ4n) is 1.44. The van der Waals surface area contributed by atoms with Gasteiger partial charge < -0.3 is 5.11 Å². The standard InChI is InChI=1S/C12H10Br2N2O3S/c13-9-2-3-10(14)11(5-9)16-20(18,19)12-4-1-8(7-17)6-15-12/h1-6,16-17H,7H2. The molecular weight excluding hydrogens is 412 g/mol. The molecule has 0 aliphatic heterocycles. The zero-order valence-electron chi connectivity index (χ0n) is 10.0. The van der Waals surface area contributed by atoms with E-state index in [0.29, 0.717) is 15.7 Å². The Bertz CT molecular complexity index is 718. The molecule has 0 aliphatic rings. The SMILES string of the molecule is O=S(=O)(Nc1cc(Br)ccc1Br)c1ccc(CO)cn1. The van der Waals surface area contributed by atoms with Gasteiger partial charge in [0.15, 0.2) is 5.03 Å². The van der Waals surface area contributed by atoms with Crippen molar-refractivity contribution in [1.82, 2.24) is 4.98 Å². The minimum atomic E-state index is -3.77. The number of hydrogen-bond acceptors (Lipinski definition) is 4.